The normalized spacial score (nSPS) is 10.8. The topological polar surface area (TPSA) is 309 Å². The minimum atomic E-state index is -1.15. The predicted molar refractivity (Wildman–Crippen MR) is 495 cm³/mol. The molecule has 23 heteroatoms. The van der Waals surface area contributed by atoms with Crippen LogP contribution in [0, 0.1) is 13.8 Å². The second kappa shape index (κ2) is 41.4. The highest BCUT2D eigenvalue weighted by Gasteiger charge is 2.28. The molecule has 0 atom stereocenters. The number of amides is 4. The molecule has 4 amide bonds. The zero-order valence-corrected chi connectivity index (χ0v) is 72.9. The van der Waals surface area contributed by atoms with E-state index >= 15 is 0 Å². The number of aromatic hydroxyl groups is 2. The largest absolute Gasteiger partial charge is 0.507 e. The number of hydrogen-bond acceptors (Lipinski definition) is 17. The van der Waals surface area contributed by atoms with Crippen molar-refractivity contribution in [3.63, 3.8) is 0 Å². The number of carbonyl (C=O) groups excluding carboxylic acids is 7. The maximum atomic E-state index is 13.2. The van der Waals surface area contributed by atoms with Gasteiger partial charge in [-0.1, -0.05) is 158 Å². The Hall–Kier alpha value is -14.5. The van der Waals surface area contributed by atoms with Crippen LogP contribution in [0.4, 0.5) is 45.5 Å². The van der Waals surface area contributed by atoms with Crippen LogP contribution in [0.25, 0.3) is 44.5 Å². The number of phenols is 2. The Morgan fingerprint density at radius 3 is 0.813 bits per heavy atom. The summed E-state index contributed by atoms with van der Waals surface area (Å²) in [7, 11) is 11.2. The molecule has 0 bridgehead atoms. The zero-order valence-electron chi connectivity index (χ0n) is 72.1. The van der Waals surface area contributed by atoms with E-state index in [0.717, 1.165) is 72.7 Å². The van der Waals surface area contributed by atoms with E-state index in [1.54, 1.807) is 131 Å². The minimum absolute atomic E-state index is 0. The molecule has 0 heterocycles. The van der Waals surface area contributed by atoms with Gasteiger partial charge >= 0.3 is 23.9 Å². The van der Waals surface area contributed by atoms with Crippen LogP contribution in [0.2, 0.25) is 0 Å². The number of aryl methyl sites for hydroxylation is 2. The molecule has 12 aromatic carbocycles. The summed E-state index contributed by atoms with van der Waals surface area (Å²) in [6.07, 6.45) is 0. The molecular formula is C100H105ClN8O14. The molecule has 12 rings (SSSR count). The first kappa shape index (κ1) is 94.0. The monoisotopic (exact) mass is 1680 g/mol. The Labute approximate surface area is 724 Å². The molecule has 12 aromatic rings. The summed E-state index contributed by atoms with van der Waals surface area (Å²) in [5, 5.41) is 41.1. The van der Waals surface area contributed by atoms with Gasteiger partial charge in [0.15, 0.2) is 0 Å². The summed E-state index contributed by atoms with van der Waals surface area (Å²) in [6.45, 7) is 19.9. The van der Waals surface area contributed by atoms with Crippen LogP contribution in [-0.4, -0.2) is 122 Å². The van der Waals surface area contributed by atoms with Crippen molar-refractivity contribution in [1.82, 2.24) is 0 Å². The third-order valence-corrected chi connectivity index (χ3v) is 18.6. The molecule has 0 spiro atoms. The molecule has 0 radical (unpaired) electrons. The van der Waals surface area contributed by atoms with Gasteiger partial charge in [-0.3, -0.25) is 19.2 Å². The van der Waals surface area contributed by atoms with Gasteiger partial charge in [-0.15, -0.1) is 12.4 Å². The van der Waals surface area contributed by atoms with E-state index in [2.05, 4.69) is 21.3 Å². The van der Waals surface area contributed by atoms with Crippen LogP contribution >= 0.6 is 12.4 Å². The number of esters is 3. The second-order valence-electron chi connectivity index (χ2n) is 32.3. The van der Waals surface area contributed by atoms with E-state index in [0.29, 0.717) is 45.0 Å². The summed E-state index contributed by atoms with van der Waals surface area (Å²) in [4.78, 5) is 108. The SMILES string of the molecule is CN(C)c1ccc(O)c(C(=O)Nc2cc(-c3ccccc3)ccc2C(=O)O)c1.CN(C)c1ccc(O)c(C(=O)Nc2cc(-c3ccccc3)ccc2C(=O)OC(C)(C)C)c1.Cc1ccc(N(C)C)cc1C(=O)Nc1cc(-c2ccccc2)ccc1C(=O)OC(C)(C)C.Cc1ccc(N)cc1C(=O)Nc1cc(-c2ccccc2)ccc1C(=O)OC(C)(C)C.Cl. The highest BCUT2D eigenvalue weighted by Crippen LogP contribution is 2.36. The lowest BCUT2D eigenvalue weighted by Crippen LogP contribution is -2.25. The van der Waals surface area contributed by atoms with Crippen molar-refractivity contribution in [2.45, 2.75) is 93.0 Å². The highest BCUT2D eigenvalue weighted by molar-refractivity contribution is 6.13. The van der Waals surface area contributed by atoms with Crippen LogP contribution in [0.15, 0.2) is 267 Å². The number of anilines is 8. The van der Waals surface area contributed by atoms with E-state index in [1.165, 1.54) is 18.2 Å². The fraction of sp³-hybridized carbons (Fsp3) is 0.200. The number of nitrogens with one attached hydrogen (secondary N) is 4. The van der Waals surface area contributed by atoms with E-state index < -0.39 is 52.5 Å². The van der Waals surface area contributed by atoms with Crippen molar-refractivity contribution < 1.29 is 67.9 Å². The van der Waals surface area contributed by atoms with Crippen LogP contribution in [0.1, 0.15) is 156 Å². The fourth-order valence-corrected chi connectivity index (χ4v) is 12.3. The van der Waals surface area contributed by atoms with Gasteiger partial charge in [0.2, 0.25) is 0 Å². The van der Waals surface area contributed by atoms with Crippen molar-refractivity contribution in [3.8, 4) is 56.0 Å². The second-order valence-corrected chi connectivity index (χ2v) is 32.3. The van der Waals surface area contributed by atoms with Crippen LogP contribution in [0.3, 0.4) is 0 Å². The molecule has 9 N–H and O–H groups in total. The lowest BCUT2D eigenvalue weighted by Gasteiger charge is -2.21. The van der Waals surface area contributed by atoms with Gasteiger partial charge in [0.1, 0.15) is 28.3 Å². The summed E-state index contributed by atoms with van der Waals surface area (Å²) >= 11 is 0. The van der Waals surface area contributed by atoms with E-state index in [-0.39, 0.29) is 63.7 Å². The van der Waals surface area contributed by atoms with Crippen molar-refractivity contribution in [3.05, 3.63) is 323 Å². The number of rotatable bonds is 19. The summed E-state index contributed by atoms with van der Waals surface area (Å²) < 4.78 is 16.6. The average molecular weight is 1680 g/mol. The van der Waals surface area contributed by atoms with E-state index in [9.17, 15) is 53.7 Å². The Morgan fingerprint density at radius 2 is 0.537 bits per heavy atom. The molecule has 0 aliphatic carbocycles. The molecule has 0 aliphatic rings. The Bertz CT molecular complexity index is 5620. The van der Waals surface area contributed by atoms with E-state index in [4.69, 9.17) is 19.9 Å². The predicted octanol–water partition coefficient (Wildman–Crippen LogP) is 21.2. The number of aromatic carboxylic acids is 1. The first-order valence-corrected chi connectivity index (χ1v) is 39.2. The number of phenolic OH excluding ortho intramolecular Hbond substituents is 2. The molecule has 0 aliphatic heterocycles. The van der Waals surface area contributed by atoms with Crippen molar-refractivity contribution >= 4 is 105 Å². The van der Waals surface area contributed by atoms with Crippen LogP contribution < -0.4 is 41.7 Å². The molecule has 0 saturated carbocycles. The minimum Gasteiger partial charge on any atom is -0.507 e. The Balaban J connectivity index is 0.000000203. The Morgan fingerprint density at radius 1 is 0.293 bits per heavy atom. The van der Waals surface area contributed by atoms with Crippen LogP contribution in [0.5, 0.6) is 11.5 Å². The van der Waals surface area contributed by atoms with Gasteiger partial charge in [0.05, 0.1) is 56.1 Å². The number of carbonyl (C=O) groups is 8. The maximum Gasteiger partial charge on any atom is 0.340 e. The summed E-state index contributed by atoms with van der Waals surface area (Å²) in [5.41, 5.74) is 18.9. The van der Waals surface area contributed by atoms with Crippen molar-refractivity contribution in [1.29, 1.82) is 0 Å². The molecule has 22 nitrogen and oxygen atoms in total. The number of halogens is 1. The molecule has 0 fully saturated rings. The Kier molecular flexibility index (Phi) is 31.7. The molecular weight excluding hydrogens is 1570 g/mol. The molecule has 0 saturated heterocycles. The number of hydrogen-bond donors (Lipinski definition) is 8. The number of carboxylic acid groups (broad SMARTS) is 1. The van der Waals surface area contributed by atoms with Gasteiger partial charge < -0.3 is 71.2 Å². The van der Waals surface area contributed by atoms with Gasteiger partial charge in [-0.2, -0.15) is 0 Å². The zero-order chi connectivity index (χ0) is 89.1. The standard InChI is InChI=1S/C27H30N2O3.C26H28N2O4.C25H26N2O3.C22H20N2O4.ClH/c1-18-12-14-21(29(5)6)17-23(18)25(30)28-24-16-20(19-10-8-7-9-11-19)13-15-22(24)26(31)32-27(2,3)4;1-26(2,3)32-25(31)20-13-11-18(17-9-7-6-8-10-17)15-22(20)27-24(30)21-16-19(28(4)5)12-14-23(21)29;1-16-10-12-19(26)15-21(16)23(28)27-22-14-18(17-8-6-5-7-9-17)11-13-20(22)24(29)30-25(2,3)4;1-24(2)16-9-11-20(25)18(13-16)21(26)23-19-12-15(8-10-17(19)22(27)28)14-6-4-3-5-7-14;/h7-17H,1-6H3,(H,28,30);6-16,29H,1-5H3,(H,27,30);5-15H,26H2,1-4H3,(H,27,28);3-13,25H,1-2H3,(H,23,26)(H,27,28);1H. The number of nitrogens with zero attached hydrogens (tertiary/aromatic N) is 3. The summed E-state index contributed by atoms with van der Waals surface area (Å²) in [6, 6.07) is 79.6. The number of carboxylic acids is 1. The lowest BCUT2D eigenvalue weighted by molar-refractivity contribution is 0.00580. The molecule has 636 valence electrons. The van der Waals surface area contributed by atoms with Crippen molar-refractivity contribution in [2.24, 2.45) is 0 Å². The number of ether oxygens (including phenoxy) is 3. The van der Waals surface area contributed by atoms with Gasteiger partial charge in [-0.25, -0.2) is 19.2 Å². The quantitative estimate of drug-likeness (QED) is 0.0212. The van der Waals surface area contributed by atoms with Crippen molar-refractivity contribution in [2.75, 3.05) is 84.0 Å². The first-order chi connectivity index (χ1) is 57.6. The van der Waals surface area contributed by atoms with Gasteiger partial charge in [0.25, 0.3) is 23.6 Å². The fourth-order valence-electron chi connectivity index (χ4n) is 12.3. The number of nitrogens with two attached hydrogens (primary N) is 1. The number of benzene rings is 12. The van der Waals surface area contributed by atoms with E-state index in [1.807, 2.05) is 250 Å². The highest BCUT2D eigenvalue weighted by atomic mass is 35.5. The van der Waals surface area contributed by atoms with Gasteiger partial charge in [-0.05, 0) is 241 Å². The third-order valence-electron chi connectivity index (χ3n) is 18.6. The number of nitrogen functional groups attached to an aromatic ring is 1. The average Bonchev–Trinajstić information content (AvgIpc) is 0.816. The smallest absolute Gasteiger partial charge is 0.340 e. The lowest BCUT2D eigenvalue weighted by atomic mass is 10.0. The molecule has 0 unspecified atom stereocenters. The molecule has 0 aromatic heterocycles. The van der Waals surface area contributed by atoms with Gasteiger partial charge in [0, 0.05) is 76.2 Å². The summed E-state index contributed by atoms with van der Waals surface area (Å²) in [5.74, 6) is -4.73. The third kappa shape index (κ3) is 26.5. The maximum absolute atomic E-state index is 13.2. The molecule has 123 heavy (non-hydrogen) atoms. The van der Waals surface area contributed by atoms with Crippen LogP contribution in [-0.2, 0) is 14.2 Å². The first-order valence-electron chi connectivity index (χ1n) is 39.2.